The molecule has 0 saturated heterocycles. The zero-order valence-electron chi connectivity index (χ0n) is 21.6. The molecule has 0 saturated carbocycles. The predicted octanol–water partition coefficient (Wildman–Crippen LogP) is 6.37. The third-order valence-electron chi connectivity index (χ3n) is 5.49. The topological polar surface area (TPSA) is 95.8 Å². The van der Waals surface area contributed by atoms with E-state index in [1.807, 2.05) is 27.0 Å². The lowest BCUT2D eigenvalue weighted by atomic mass is 10.1. The van der Waals surface area contributed by atoms with Gasteiger partial charge in [-0.3, -0.25) is 15.1 Å². The summed E-state index contributed by atoms with van der Waals surface area (Å²) in [7, 11) is 3.55. The summed E-state index contributed by atoms with van der Waals surface area (Å²) in [4.78, 5) is 14.6. The minimum absolute atomic E-state index is 0.118. The number of unbranched alkanes of at least 4 members (excludes halogenated alkanes) is 1. The van der Waals surface area contributed by atoms with E-state index >= 15 is 0 Å². The van der Waals surface area contributed by atoms with Crippen LogP contribution in [0.3, 0.4) is 0 Å². The SMILES string of the molecule is CC.CNCCCCC(C)COC1=Cc2nccc(Oc3ccc([N+](=O)[O-])cc3F)c2C=CC1OC. The largest absolute Gasteiger partial charge is 0.494 e. The molecule has 36 heavy (non-hydrogen) atoms. The highest BCUT2D eigenvalue weighted by Gasteiger charge is 2.21. The Labute approximate surface area is 212 Å². The second-order valence-corrected chi connectivity index (χ2v) is 8.16. The Balaban J connectivity index is 0.00000222. The van der Waals surface area contributed by atoms with E-state index in [4.69, 9.17) is 14.2 Å². The summed E-state index contributed by atoms with van der Waals surface area (Å²) >= 11 is 0. The number of methoxy groups -OCH3 is 1. The zero-order chi connectivity index (χ0) is 26.5. The first-order chi connectivity index (χ1) is 17.4. The number of pyridine rings is 1. The van der Waals surface area contributed by atoms with Crippen LogP contribution >= 0.6 is 0 Å². The van der Waals surface area contributed by atoms with Crippen molar-refractivity contribution in [3.8, 4) is 11.5 Å². The summed E-state index contributed by atoms with van der Waals surface area (Å²) in [5.74, 6) is 0.433. The predicted molar refractivity (Wildman–Crippen MR) is 139 cm³/mol. The molecule has 2 atom stereocenters. The fourth-order valence-corrected chi connectivity index (χ4v) is 3.58. The van der Waals surface area contributed by atoms with Crippen molar-refractivity contribution in [2.45, 2.75) is 46.1 Å². The number of non-ortho nitro benzene ring substituents is 1. The molecule has 1 N–H and O–H groups in total. The van der Waals surface area contributed by atoms with Crippen molar-refractivity contribution >= 4 is 17.8 Å². The molecule has 2 unspecified atom stereocenters. The van der Waals surface area contributed by atoms with E-state index in [1.54, 1.807) is 31.5 Å². The van der Waals surface area contributed by atoms with Gasteiger partial charge in [-0.15, -0.1) is 0 Å². The highest BCUT2D eigenvalue weighted by molar-refractivity contribution is 5.71. The molecule has 0 spiro atoms. The van der Waals surface area contributed by atoms with E-state index in [1.165, 1.54) is 12.1 Å². The van der Waals surface area contributed by atoms with Gasteiger partial charge >= 0.3 is 0 Å². The number of nitro groups is 1. The number of halogens is 1. The Kier molecular flexibility index (Phi) is 12.0. The second-order valence-electron chi connectivity index (χ2n) is 8.16. The lowest BCUT2D eigenvalue weighted by molar-refractivity contribution is -0.385. The van der Waals surface area contributed by atoms with Crippen LogP contribution in [0.5, 0.6) is 11.5 Å². The fourth-order valence-electron chi connectivity index (χ4n) is 3.58. The summed E-state index contributed by atoms with van der Waals surface area (Å²) in [6.07, 6.45) is 9.89. The summed E-state index contributed by atoms with van der Waals surface area (Å²) in [5, 5.41) is 14.0. The van der Waals surface area contributed by atoms with E-state index in [0.717, 1.165) is 31.9 Å². The van der Waals surface area contributed by atoms with E-state index < -0.39 is 16.8 Å². The lowest BCUT2D eigenvalue weighted by Gasteiger charge is -2.19. The summed E-state index contributed by atoms with van der Waals surface area (Å²) in [6.45, 7) is 7.72. The molecule has 8 nitrogen and oxygen atoms in total. The number of rotatable bonds is 12. The quantitative estimate of drug-likeness (QED) is 0.205. The normalized spacial score (nSPS) is 15.1. The second kappa shape index (κ2) is 15.0. The van der Waals surface area contributed by atoms with E-state index in [9.17, 15) is 14.5 Å². The molecule has 0 amide bonds. The smallest absolute Gasteiger partial charge is 0.272 e. The average molecular weight is 502 g/mol. The van der Waals surface area contributed by atoms with Crippen molar-refractivity contribution in [2.75, 3.05) is 27.3 Å². The van der Waals surface area contributed by atoms with Crippen LogP contribution < -0.4 is 10.1 Å². The number of ether oxygens (including phenoxy) is 3. The summed E-state index contributed by atoms with van der Waals surface area (Å²) in [6, 6.07) is 4.87. The molecular weight excluding hydrogens is 465 g/mol. The van der Waals surface area contributed by atoms with Crippen molar-refractivity contribution < 1.29 is 23.5 Å². The van der Waals surface area contributed by atoms with Gasteiger partial charge in [-0.2, -0.15) is 0 Å². The Morgan fingerprint density at radius 3 is 2.67 bits per heavy atom. The minimum Gasteiger partial charge on any atom is -0.494 e. The third kappa shape index (κ3) is 8.13. The molecule has 196 valence electrons. The van der Waals surface area contributed by atoms with Crippen LogP contribution in [0.2, 0.25) is 0 Å². The van der Waals surface area contributed by atoms with Crippen LogP contribution in [0.25, 0.3) is 12.2 Å². The van der Waals surface area contributed by atoms with Gasteiger partial charge in [0, 0.05) is 31.0 Å². The van der Waals surface area contributed by atoms with Gasteiger partial charge in [0.1, 0.15) is 17.6 Å². The maximum absolute atomic E-state index is 14.4. The van der Waals surface area contributed by atoms with E-state index in [0.29, 0.717) is 35.3 Å². The van der Waals surface area contributed by atoms with E-state index in [2.05, 4.69) is 17.2 Å². The van der Waals surface area contributed by atoms with Crippen LogP contribution in [0.4, 0.5) is 10.1 Å². The van der Waals surface area contributed by atoms with Crippen LogP contribution in [0.15, 0.2) is 42.3 Å². The molecule has 0 fully saturated rings. The molecule has 1 aliphatic rings. The first-order valence-corrected chi connectivity index (χ1v) is 12.2. The standard InChI is InChI=1S/C25H30FN3O5.C2H6/c1-17(6-4-5-12-27-2)16-33-25-15-21-19(8-10-24(25)32-3)22(11-13-28-21)34-23-9-7-18(29(30)31)14-20(23)26;1-2/h7-11,13-15,17,24,27H,4-6,12,16H2,1-3H3;1-2H3. The lowest BCUT2D eigenvalue weighted by Crippen LogP contribution is -2.16. The van der Waals surface area contributed by atoms with Gasteiger partial charge in [0.05, 0.1) is 23.3 Å². The molecule has 1 aromatic heterocycles. The average Bonchev–Trinajstić information content (AvgIpc) is 3.07. The molecule has 0 bridgehead atoms. The number of fused-ring (bicyclic) bond motifs is 1. The Morgan fingerprint density at radius 2 is 2.00 bits per heavy atom. The van der Waals surface area contributed by atoms with Crippen molar-refractivity contribution in [3.63, 3.8) is 0 Å². The van der Waals surface area contributed by atoms with Crippen LogP contribution in [0, 0.1) is 21.8 Å². The first-order valence-electron chi connectivity index (χ1n) is 12.2. The number of aromatic nitrogens is 1. The van der Waals surface area contributed by atoms with E-state index in [-0.39, 0.29) is 11.4 Å². The van der Waals surface area contributed by atoms with Crippen LogP contribution in [-0.4, -0.2) is 43.3 Å². The van der Waals surface area contributed by atoms with Gasteiger partial charge in [-0.1, -0.05) is 33.3 Å². The first kappa shape index (κ1) is 28.9. The Morgan fingerprint density at radius 1 is 1.22 bits per heavy atom. The molecule has 1 heterocycles. The molecule has 0 aliphatic heterocycles. The van der Waals surface area contributed by atoms with Crippen molar-refractivity contribution in [2.24, 2.45) is 5.92 Å². The van der Waals surface area contributed by atoms with Gasteiger partial charge in [-0.05, 0) is 50.6 Å². The highest BCUT2D eigenvalue weighted by Crippen LogP contribution is 2.34. The van der Waals surface area contributed by atoms with Gasteiger partial charge in [0.15, 0.2) is 11.6 Å². The van der Waals surface area contributed by atoms with Gasteiger partial charge in [-0.25, -0.2) is 4.39 Å². The van der Waals surface area contributed by atoms with Crippen molar-refractivity contribution in [1.29, 1.82) is 0 Å². The maximum Gasteiger partial charge on any atom is 0.272 e. The van der Waals surface area contributed by atoms with Gasteiger partial charge in [0.25, 0.3) is 5.69 Å². The molecule has 0 radical (unpaired) electrons. The maximum atomic E-state index is 14.4. The Hall–Kier alpha value is -3.30. The zero-order valence-corrected chi connectivity index (χ0v) is 21.6. The van der Waals surface area contributed by atoms with Crippen LogP contribution in [0.1, 0.15) is 51.3 Å². The molecular formula is C27H36FN3O5. The monoisotopic (exact) mass is 501 g/mol. The highest BCUT2D eigenvalue weighted by atomic mass is 19.1. The van der Waals surface area contributed by atoms with Crippen molar-refractivity contribution in [1.82, 2.24) is 10.3 Å². The number of nitrogens with zero attached hydrogens (tertiary/aromatic N) is 2. The Bertz CT molecular complexity index is 1060. The minimum atomic E-state index is -0.824. The number of hydrogen-bond donors (Lipinski definition) is 1. The third-order valence-corrected chi connectivity index (χ3v) is 5.49. The van der Waals surface area contributed by atoms with Crippen LogP contribution in [-0.2, 0) is 9.47 Å². The summed E-state index contributed by atoms with van der Waals surface area (Å²) < 4.78 is 31.8. The fraction of sp³-hybridized carbons (Fsp3) is 0.444. The molecule has 1 aliphatic carbocycles. The van der Waals surface area contributed by atoms with Gasteiger partial charge in [0.2, 0.25) is 0 Å². The number of nitro benzene ring substituents is 1. The molecule has 9 heteroatoms. The van der Waals surface area contributed by atoms with Gasteiger partial charge < -0.3 is 19.5 Å². The molecule has 3 rings (SSSR count). The molecule has 1 aromatic carbocycles. The molecule has 2 aromatic rings. The number of nitrogens with one attached hydrogen (secondary N) is 1. The summed E-state index contributed by atoms with van der Waals surface area (Å²) in [5.41, 5.74) is 0.871. The number of hydrogen-bond acceptors (Lipinski definition) is 7. The number of benzene rings is 1. The van der Waals surface area contributed by atoms with Crippen molar-refractivity contribution in [3.05, 3.63) is 69.5 Å².